The number of amides is 1. The number of fused-ring (bicyclic) bond motifs is 1. The third-order valence-corrected chi connectivity index (χ3v) is 4.00. The molecule has 122 valence electrons. The maximum atomic E-state index is 12.5. The molecule has 0 aliphatic rings. The number of carbonyl (C=O) groups excluding carboxylic acids is 1. The van der Waals surface area contributed by atoms with Crippen LogP contribution in [0.25, 0.3) is 10.9 Å². The molecule has 0 spiro atoms. The van der Waals surface area contributed by atoms with Crippen LogP contribution in [0, 0.1) is 0 Å². The van der Waals surface area contributed by atoms with Crippen LogP contribution >= 0.6 is 0 Å². The third kappa shape index (κ3) is 3.54. The Labute approximate surface area is 141 Å². The molecule has 0 saturated heterocycles. The van der Waals surface area contributed by atoms with Crippen molar-refractivity contribution in [2.75, 3.05) is 0 Å². The zero-order valence-corrected chi connectivity index (χ0v) is 13.8. The van der Waals surface area contributed by atoms with Crippen LogP contribution in [0.3, 0.4) is 0 Å². The Hall–Kier alpha value is -2.88. The molecule has 4 nitrogen and oxygen atoms in total. The van der Waals surface area contributed by atoms with Gasteiger partial charge in [-0.1, -0.05) is 61.9 Å². The Morgan fingerprint density at radius 2 is 1.83 bits per heavy atom. The van der Waals surface area contributed by atoms with Gasteiger partial charge in [0.15, 0.2) is 0 Å². The van der Waals surface area contributed by atoms with Crippen LogP contribution in [0.1, 0.15) is 42.1 Å². The van der Waals surface area contributed by atoms with Crippen LogP contribution in [0.2, 0.25) is 0 Å². The average molecular weight is 319 g/mol. The first-order valence-corrected chi connectivity index (χ1v) is 8.28. The van der Waals surface area contributed by atoms with E-state index in [2.05, 4.69) is 22.4 Å². The van der Waals surface area contributed by atoms with Gasteiger partial charge >= 0.3 is 0 Å². The first-order chi connectivity index (χ1) is 11.8. The standard InChI is InChI=1S/C20H21N3O/c1-2-3-12-18(15-9-5-4-6-10-15)22-23-20(24)17-14-21-19-13-8-7-11-16(17)19/h4-11,13-14,21H,2-3,12H2,1H3,(H,23,24)/b22-18+. The highest BCUT2D eigenvalue weighted by molar-refractivity contribution is 6.07. The Kier molecular flexibility index (Phi) is 5.06. The Morgan fingerprint density at radius 1 is 1.08 bits per heavy atom. The van der Waals surface area contributed by atoms with Crippen molar-refractivity contribution in [2.24, 2.45) is 5.10 Å². The minimum Gasteiger partial charge on any atom is -0.360 e. The van der Waals surface area contributed by atoms with Gasteiger partial charge in [-0.05, 0) is 24.5 Å². The summed E-state index contributed by atoms with van der Waals surface area (Å²) in [6.07, 6.45) is 4.69. The molecule has 1 heterocycles. The van der Waals surface area contributed by atoms with Gasteiger partial charge in [-0.3, -0.25) is 4.79 Å². The lowest BCUT2D eigenvalue weighted by atomic mass is 10.1. The Morgan fingerprint density at radius 3 is 2.62 bits per heavy atom. The van der Waals surface area contributed by atoms with E-state index >= 15 is 0 Å². The summed E-state index contributed by atoms with van der Waals surface area (Å²) >= 11 is 0. The summed E-state index contributed by atoms with van der Waals surface area (Å²) in [4.78, 5) is 15.6. The summed E-state index contributed by atoms with van der Waals surface area (Å²) in [7, 11) is 0. The zero-order valence-electron chi connectivity index (χ0n) is 13.8. The summed E-state index contributed by atoms with van der Waals surface area (Å²) in [5.74, 6) is -0.197. The number of H-pyrrole nitrogens is 1. The molecule has 3 aromatic rings. The molecule has 0 bridgehead atoms. The van der Waals surface area contributed by atoms with E-state index in [1.165, 1.54) is 0 Å². The number of nitrogens with one attached hydrogen (secondary N) is 2. The number of hydrogen-bond acceptors (Lipinski definition) is 2. The van der Waals surface area contributed by atoms with E-state index in [1.54, 1.807) is 6.20 Å². The zero-order chi connectivity index (χ0) is 16.8. The summed E-state index contributed by atoms with van der Waals surface area (Å²) in [6.45, 7) is 2.15. The van der Waals surface area contributed by atoms with E-state index in [0.29, 0.717) is 5.56 Å². The van der Waals surface area contributed by atoms with Crippen LogP contribution in [0.5, 0.6) is 0 Å². The van der Waals surface area contributed by atoms with Crippen molar-refractivity contribution >= 4 is 22.5 Å². The van der Waals surface area contributed by atoms with Crippen LogP contribution in [0.4, 0.5) is 0 Å². The normalized spacial score (nSPS) is 11.6. The van der Waals surface area contributed by atoms with E-state index in [9.17, 15) is 4.79 Å². The molecule has 4 heteroatoms. The van der Waals surface area contributed by atoms with Crippen LogP contribution in [-0.2, 0) is 0 Å². The van der Waals surface area contributed by atoms with Gasteiger partial charge < -0.3 is 4.98 Å². The van der Waals surface area contributed by atoms with Crippen molar-refractivity contribution < 1.29 is 4.79 Å². The first kappa shape index (κ1) is 16.0. The number of hydrogen-bond donors (Lipinski definition) is 2. The molecular formula is C20H21N3O. The number of rotatable bonds is 6. The minimum atomic E-state index is -0.197. The maximum absolute atomic E-state index is 12.5. The number of para-hydroxylation sites is 1. The highest BCUT2D eigenvalue weighted by Crippen LogP contribution is 2.17. The molecule has 0 radical (unpaired) electrons. The molecule has 2 N–H and O–H groups in total. The van der Waals surface area contributed by atoms with Gasteiger partial charge in [0.2, 0.25) is 0 Å². The second kappa shape index (κ2) is 7.59. The molecule has 0 aliphatic carbocycles. The van der Waals surface area contributed by atoms with Gasteiger partial charge in [0.1, 0.15) is 0 Å². The van der Waals surface area contributed by atoms with Crippen molar-refractivity contribution in [3.8, 4) is 0 Å². The number of nitrogens with zero attached hydrogens (tertiary/aromatic N) is 1. The van der Waals surface area contributed by atoms with Crippen molar-refractivity contribution in [1.29, 1.82) is 0 Å². The summed E-state index contributed by atoms with van der Waals surface area (Å²) in [5.41, 5.74) is 6.22. The molecule has 0 aliphatic heterocycles. The van der Waals surface area contributed by atoms with Crippen LogP contribution in [-0.4, -0.2) is 16.6 Å². The maximum Gasteiger partial charge on any atom is 0.273 e. The molecule has 0 unspecified atom stereocenters. The van der Waals surface area contributed by atoms with Crippen molar-refractivity contribution in [3.05, 3.63) is 71.9 Å². The van der Waals surface area contributed by atoms with Gasteiger partial charge in [-0.25, -0.2) is 5.43 Å². The monoisotopic (exact) mass is 319 g/mol. The number of unbranched alkanes of at least 4 members (excludes halogenated alkanes) is 1. The SMILES string of the molecule is CCCC/C(=N\NC(=O)c1c[nH]c2ccccc12)c1ccccc1. The van der Waals surface area contributed by atoms with Gasteiger partial charge in [-0.2, -0.15) is 5.10 Å². The van der Waals surface area contributed by atoms with E-state index in [4.69, 9.17) is 0 Å². The first-order valence-electron chi connectivity index (χ1n) is 8.28. The fourth-order valence-electron chi connectivity index (χ4n) is 2.68. The number of hydrazone groups is 1. The molecule has 3 rings (SSSR count). The van der Waals surface area contributed by atoms with Crippen LogP contribution < -0.4 is 5.43 Å². The van der Waals surface area contributed by atoms with E-state index in [0.717, 1.165) is 41.4 Å². The van der Waals surface area contributed by atoms with Crippen molar-refractivity contribution in [3.63, 3.8) is 0 Å². The van der Waals surface area contributed by atoms with E-state index < -0.39 is 0 Å². The Balaban J connectivity index is 1.82. The smallest absolute Gasteiger partial charge is 0.273 e. The predicted molar refractivity (Wildman–Crippen MR) is 98.3 cm³/mol. The molecule has 24 heavy (non-hydrogen) atoms. The number of carbonyl (C=O) groups is 1. The van der Waals surface area contributed by atoms with Crippen molar-refractivity contribution in [2.45, 2.75) is 26.2 Å². The summed E-state index contributed by atoms with van der Waals surface area (Å²) < 4.78 is 0. The molecule has 1 amide bonds. The van der Waals surface area contributed by atoms with Gasteiger partial charge in [-0.15, -0.1) is 0 Å². The molecule has 0 atom stereocenters. The largest absolute Gasteiger partial charge is 0.360 e. The summed E-state index contributed by atoms with van der Waals surface area (Å²) in [5, 5.41) is 5.30. The second-order valence-corrected chi connectivity index (χ2v) is 5.72. The fourth-order valence-corrected chi connectivity index (χ4v) is 2.68. The van der Waals surface area contributed by atoms with Gasteiger partial charge in [0, 0.05) is 17.1 Å². The fraction of sp³-hybridized carbons (Fsp3) is 0.200. The van der Waals surface area contributed by atoms with Gasteiger partial charge in [0.25, 0.3) is 5.91 Å². The molecule has 0 fully saturated rings. The lowest BCUT2D eigenvalue weighted by Gasteiger charge is -2.07. The number of aromatic amines is 1. The predicted octanol–water partition coefficient (Wildman–Crippen LogP) is 4.49. The van der Waals surface area contributed by atoms with E-state index in [-0.39, 0.29) is 5.91 Å². The highest BCUT2D eigenvalue weighted by Gasteiger charge is 2.11. The van der Waals surface area contributed by atoms with E-state index in [1.807, 2.05) is 54.6 Å². The molecule has 2 aromatic carbocycles. The lowest BCUT2D eigenvalue weighted by molar-refractivity contribution is 0.0956. The van der Waals surface area contributed by atoms with Crippen molar-refractivity contribution in [1.82, 2.24) is 10.4 Å². The summed E-state index contributed by atoms with van der Waals surface area (Å²) in [6, 6.07) is 17.7. The quantitative estimate of drug-likeness (QED) is 0.510. The topological polar surface area (TPSA) is 57.2 Å². The van der Waals surface area contributed by atoms with Crippen LogP contribution in [0.15, 0.2) is 65.9 Å². The molecular weight excluding hydrogens is 298 g/mol. The highest BCUT2D eigenvalue weighted by atomic mass is 16.2. The number of benzene rings is 2. The number of aromatic nitrogens is 1. The van der Waals surface area contributed by atoms with Gasteiger partial charge in [0.05, 0.1) is 11.3 Å². The average Bonchev–Trinajstić information content (AvgIpc) is 3.06. The minimum absolute atomic E-state index is 0.197. The lowest BCUT2D eigenvalue weighted by Crippen LogP contribution is -2.20. The molecule has 1 aromatic heterocycles. The third-order valence-electron chi connectivity index (χ3n) is 4.00. The Bertz CT molecular complexity index is 849. The second-order valence-electron chi connectivity index (χ2n) is 5.72. The molecule has 0 saturated carbocycles.